The number of fused-ring (bicyclic) bond motifs is 2. The van der Waals surface area contributed by atoms with Gasteiger partial charge in [-0.2, -0.15) is 0 Å². The highest BCUT2D eigenvalue weighted by atomic mass is 16.5. The molecule has 0 bridgehead atoms. The zero-order valence-corrected chi connectivity index (χ0v) is 20.7. The molecule has 1 N–H and O–H groups in total. The molecule has 178 valence electrons. The zero-order valence-electron chi connectivity index (χ0n) is 20.7. The highest BCUT2D eigenvalue weighted by Gasteiger charge is 2.43. The largest absolute Gasteiger partial charge is 0.464 e. The zero-order chi connectivity index (χ0) is 24.0. The summed E-state index contributed by atoms with van der Waals surface area (Å²) in [6, 6.07) is 10.3. The van der Waals surface area contributed by atoms with Crippen LogP contribution in [0.15, 0.2) is 30.3 Å². The van der Waals surface area contributed by atoms with E-state index in [4.69, 9.17) is 9.47 Å². The molecule has 0 spiro atoms. The van der Waals surface area contributed by atoms with Gasteiger partial charge in [0.25, 0.3) is 0 Å². The van der Waals surface area contributed by atoms with Crippen molar-refractivity contribution in [1.29, 1.82) is 0 Å². The lowest BCUT2D eigenvalue weighted by atomic mass is 9.66. The van der Waals surface area contributed by atoms with E-state index in [2.05, 4.69) is 51.7 Å². The van der Waals surface area contributed by atoms with Gasteiger partial charge in [0.2, 0.25) is 0 Å². The molecule has 1 amide bonds. The third-order valence-electron chi connectivity index (χ3n) is 6.81. The van der Waals surface area contributed by atoms with Crippen molar-refractivity contribution in [2.75, 3.05) is 42.7 Å². The first-order valence-electron chi connectivity index (χ1n) is 11.8. The van der Waals surface area contributed by atoms with Crippen LogP contribution >= 0.6 is 0 Å². The monoisotopic (exact) mass is 452 g/mol. The number of carboxylic acid groups (broad SMARTS) is 1. The lowest BCUT2D eigenvalue weighted by molar-refractivity contribution is 0.122. The Morgan fingerprint density at radius 2 is 1.82 bits per heavy atom. The van der Waals surface area contributed by atoms with E-state index in [1.807, 2.05) is 25.1 Å². The summed E-state index contributed by atoms with van der Waals surface area (Å²) in [5.74, 6) is 0. The van der Waals surface area contributed by atoms with Crippen LogP contribution in [0.4, 0.5) is 21.9 Å². The Hall–Kier alpha value is -2.57. The molecule has 0 radical (unpaired) electrons. The number of ether oxygens (including phenoxy) is 2. The standard InChI is InChI=1S/C27H36N2O4/c1-7-32-17-18-8-11-21-24(23(18)26(2,3)4)27(5,6)20-10-9-19(28-12-14-33-15-13-28)16-22(20)29(21)25(30)31/h8-11,16H,7,12-15,17H2,1-6H3,(H,30,31). The Balaban J connectivity index is 1.95. The summed E-state index contributed by atoms with van der Waals surface area (Å²) in [6.07, 6.45) is -0.968. The maximum Gasteiger partial charge on any atom is 0.416 e. The molecule has 2 aromatic rings. The van der Waals surface area contributed by atoms with Gasteiger partial charge in [0.15, 0.2) is 0 Å². The lowest BCUT2D eigenvalue weighted by Gasteiger charge is -2.44. The van der Waals surface area contributed by atoms with Gasteiger partial charge in [0.1, 0.15) is 0 Å². The van der Waals surface area contributed by atoms with Gasteiger partial charge >= 0.3 is 6.09 Å². The summed E-state index contributed by atoms with van der Waals surface area (Å²) in [7, 11) is 0. The molecule has 0 saturated carbocycles. The van der Waals surface area contributed by atoms with Gasteiger partial charge in [0, 0.05) is 30.8 Å². The first kappa shape index (κ1) is 23.6. The fourth-order valence-corrected chi connectivity index (χ4v) is 5.37. The van der Waals surface area contributed by atoms with Crippen LogP contribution in [0.3, 0.4) is 0 Å². The third kappa shape index (κ3) is 4.11. The van der Waals surface area contributed by atoms with Crippen molar-refractivity contribution in [1.82, 2.24) is 0 Å². The minimum Gasteiger partial charge on any atom is -0.464 e. The van der Waals surface area contributed by atoms with E-state index >= 15 is 0 Å². The topological polar surface area (TPSA) is 62.2 Å². The summed E-state index contributed by atoms with van der Waals surface area (Å²) < 4.78 is 11.3. The number of hydrogen-bond acceptors (Lipinski definition) is 4. The minimum absolute atomic E-state index is 0.176. The Bertz CT molecular complexity index is 1050. The van der Waals surface area contributed by atoms with Crippen LogP contribution in [0, 0.1) is 0 Å². The molecule has 6 nitrogen and oxygen atoms in total. The summed E-state index contributed by atoms with van der Waals surface area (Å²) in [6.45, 7) is 17.1. The van der Waals surface area contributed by atoms with E-state index in [0.29, 0.717) is 26.4 Å². The van der Waals surface area contributed by atoms with Crippen molar-refractivity contribution < 1.29 is 19.4 Å². The molecule has 0 aromatic heterocycles. The van der Waals surface area contributed by atoms with Crippen LogP contribution in [0.5, 0.6) is 0 Å². The van der Waals surface area contributed by atoms with Crippen LogP contribution in [0.25, 0.3) is 0 Å². The molecule has 2 aliphatic heterocycles. The van der Waals surface area contributed by atoms with Crippen LogP contribution in [0.2, 0.25) is 0 Å². The van der Waals surface area contributed by atoms with Crippen molar-refractivity contribution in [2.45, 2.75) is 59.0 Å². The first-order chi connectivity index (χ1) is 15.6. The van der Waals surface area contributed by atoms with Crippen LogP contribution < -0.4 is 9.80 Å². The highest BCUT2D eigenvalue weighted by molar-refractivity contribution is 6.00. The molecular formula is C27H36N2O4. The normalized spacial score (nSPS) is 17.5. The van der Waals surface area contributed by atoms with E-state index in [1.165, 1.54) is 10.5 Å². The Labute approximate surface area is 197 Å². The van der Waals surface area contributed by atoms with Crippen molar-refractivity contribution in [3.8, 4) is 0 Å². The van der Waals surface area contributed by atoms with Gasteiger partial charge in [-0.05, 0) is 52.8 Å². The number of benzene rings is 2. The second kappa shape index (κ2) is 8.65. The first-order valence-corrected chi connectivity index (χ1v) is 11.8. The van der Waals surface area contributed by atoms with Gasteiger partial charge in [-0.15, -0.1) is 0 Å². The SMILES string of the molecule is CCOCc1ccc2c(c1C(C)(C)C)C(C)(C)c1ccc(N3CCOCC3)cc1N2C(=O)O. The molecular weight excluding hydrogens is 416 g/mol. The fraction of sp³-hybridized carbons (Fsp3) is 0.519. The van der Waals surface area contributed by atoms with Gasteiger partial charge in [-0.1, -0.05) is 46.8 Å². The average Bonchev–Trinajstić information content (AvgIpc) is 2.77. The van der Waals surface area contributed by atoms with E-state index in [-0.39, 0.29) is 10.8 Å². The quantitative estimate of drug-likeness (QED) is 0.634. The molecule has 2 aliphatic rings. The van der Waals surface area contributed by atoms with Crippen LogP contribution in [0.1, 0.15) is 63.8 Å². The molecule has 0 unspecified atom stereocenters. The second-order valence-corrected chi connectivity index (χ2v) is 10.4. The molecule has 1 saturated heterocycles. The number of anilines is 3. The van der Waals surface area contributed by atoms with E-state index in [1.54, 1.807) is 0 Å². The number of amides is 1. The van der Waals surface area contributed by atoms with Crippen molar-refractivity contribution in [2.24, 2.45) is 0 Å². The summed E-state index contributed by atoms with van der Waals surface area (Å²) in [5, 5.41) is 10.4. The van der Waals surface area contributed by atoms with Gasteiger partial charge in [-0.3, -0.25) is 0 Å². The van der Waals surface area contributed by atoms with Crippen LogP contribution in [-0.2, 0) is 26.9 Å². The predicted octanol–water partition coefficient (Wildman–Crippen LogP) is 5.81. The number of rotatable bonds is 4. The molecule has 0 atom stereocenters. The molecule has 1 fully saturated rings. The highest BCUT2D eigenvalue weighted by Crippen LogP contribution is 2.53. The molecule has 2 aromatic carbocycles. The summed E-state index contributed by atoms with van der Waals surface area (Å²) >= 11 is 0. The van der Waals surface area contributed by atoms with E-state index in [9.17, 15) is 9.90 Å². The lowest BCUT2D eigenvalue weighted by Crippen LogP contribution is -2.39. The van der Waals surface area contributed by atoms with Crippen LogP contribution in [-0.4, -0.2) is 44.1 Å². The predicted molar refractivity (Wildman–Crippen MR) is 132 cm³/mol. The fourth-order valence-electron chi connectivity index (χ4n) is 5.37. The van der Waals surface area contributed by atoms with Crippen molar-refractivity contribution >= 4 is 23.2 Å². The smallest absolute Gasteiger partial charge is 0.416 e. The third-order valence-corrected chi connectivity index (χ3v) is 6.81. The molecule has 33 heavy (non-hydrogen) atoms. The molecule has 4 rings (SSSR count). The Morgan fingerprint density at radius 1 is 1.12 bits per heavy atom. The molecule has 2 heterocycles. The van der Waals surface area contributed by atoms with Crippen molar-refractivity contribution in [3.63, 3.8) is 0 Å². The average molecular weight is 453 g/mol. The minimum atomic E-state index is -0.968. The number of hydrogen-bond donors (Lipinski definition) is 1. The number of carbonyl (C=O) groups is 1. The molecule has 0 aliphatic carbocycles. The molecule has 6 heteroatoms. The van der Waals surface area contributed by atoms with Gasteiger partial charge in [-0.25, -0.2) is 9.69 Å². The second-order valence-electron chi connectivity index (χ2n) is 10.4. The maximum absolute atomic E-state index is 12.7. The van der Waals surface area contributed by atoms with Crippen molar-refractivity contribution in [3.05, 3.63) is 52.6 Å². The van der Waals surface area contributed by atoms with Gasteiger partial charge in [0.05, 0.1) is 31.2 Å². The summed E-state index contributed by atoms with van der Waals surface area (Å²) in [4.78, 5) is 16.4. The number of morpholine rings is 1. The number of nitrogens with zero attached hydrogens (tertiary/aromatic N) is 2. The Morgan fingerprint density at radius 3 is 2.42 bits per heavy atom. The maximum atomic E-state index is 12.7. The Kier molecular flexibility index (Phi) is 6.18. The van der Waals surface area contributed by atoms with E-state index in [0.717, 1.165) is 46.8 Å². The summed E-state index contributed by atoms with van der Waals surface area (Å²) in [5.41, 5.74) is 6.35. The van der Waals surface area contributed by atoms with E-state index < -0.39 is 6.09 Å². The van der Waals surface area contributed by atoms with Gasteiger partial charge < -0.3 is 19.5 Å².